The second kappa shape index (κ2) is 12.3. The van der Waals surface area contributed by atoms with E-state index in [-0.39, 0.29) is 11.4 Å². The Morgan fingerprint density at radius 1 is 1.13 bits per heavy atom. The molecule has 0 bridgehead atoms. The summed E-state index contributed by atoms with van der Waals surface area (Å²) in [5.74, 6) is 0. The minimum atomic E-state index is -1.17. The molecule has 1 saturated heterocycles. The van der Waals surface area contributed by atoms with Gasteiger partial charge >= 0.3 is 6.03 Å². The third-order valence-corrected chi connectivity index (χ3v) is 6.93. The number of hydrogen-bond acceptors (Lipinski definition) is 9. The van der Waals surface area contributed by atoms with Crippen molar-refractivity contribution in [3.63, 3.8) is 0 Å². The first-order valence-electron chi connectivity index (χ1n) is 13.2. The fourth-order valence-corrected chi connectivity index (χ4v) is 4.71. The van der Waals surface area contributed by atoms with Crippen LogP contribution in [0.25, 0.3) is 11.2 Å². The number of nitrogens with two attached hydrogens (primary N) is 2. The molecule has 212 valence electrons. The Hall–Kier alpha value is -3.29. The second-order valence-electron chi connectivity index (χ2n) is 10.9. The van der Waals surface area contributed by atoms with E-state index in [4.69, 9.17) is 16.2 Å². The standard InChI is InChI=1S/C27H40N8O4/c1-27(2,3)17-5-7-18(8-6-17)33-26(38)31-11-4-13-34(14-10-28)15-20-22(36)23(37)25(39-20)35-16-32-21-19(29)9-12-30-24(21)35/h5-9,12,16,20,22-23,25,36-37H,4,10-11,13-15,28H2,1-3H3,(H2,29,30)(H2,31,33,38)/t20-,22-,23-,25-/m1/s1. The van der Waals surface area contributed by atoms with Crippen molar-refractivity contribution in [3.8, 4) is 0 Å². The van der Waals surface area contributed by atoms with Gasteiger partial charge in [-0.3, -0.25) is 9.47 Å². The number of imidazole rings is 1. The number of rotatable bonds is 10. The highest BCUT2D eigenvalue weighted by Crippen LogP contribution is 2.32. The summed E-state index contributed by atoms with van der Waals surface area (Å²) in [6.07, 6.45) is -0.0506. The number of urea groups is 1. The maximum Gasteiger partial charge on any atom is 0.319 e. The van der Waals surface area contributed by atoms with Crippen LogP contribution in [0.4, 0.5) is 16.2 Å². The number of amides is 2. The van der Waals surface area contributed by atoms with Crippen LogP contribution in [0.3, 0.4) is 0 Å². The highest BCUT2D eigenvalue weighted by Gasteiger charge is 2.44. The van der Waals surface area contributed by atoms with Crippen molar-refractivity contribution in [1.29, 1.82) is 0 Å². The van der Waals surface area contributed by atoms with Crippen LogP contribution in [0.5, 0.6) is 0 Å². The lowest BCUT2D eigenvalue weighted by Gasteiger charge is -2.26. The highest BCUT2D eigenvalue weighted by molar-refractivity contribution is 5.89. The number of hydrogen-bond donors (Lipinski definition) is 6. The molecule has 1 aromatic carbocycles. The van der Waals surface area contributed by atoms with Gasteiger partial charge in [0.05, 0.1) is 12.0 Å². The summed E-state index contributed by atoms with van der Waals surface area (Å²) in [4.78, 5) is 23.0. The third kappa shape index (κ3) is 6.84. The van der Waals surface area contributed by atoms with Crippen molar-refractivity contribution >= 4 is 28.6 Å². The van der Waals surface area contributed by atoms with Crippen molar-refractivity contribution in [2.45, 2.75) is 57.1 Å². The summed E-state index contributed by atoms with van der Waals surface area (Å²) in [5, 5.41) is 27.2. The fourth-order valence-electron chi connectivity index (χ4n) is 4.71. The van der Waals surface area contributed by atoms with Crippen LogP contribution in [-0.2, 0) is 10.2 Å². The zero-order chi connectivity index (χ0) is 28.2. The van der Waals surface area contributed by atoms with Gasteiger partial charge in [0.1, 0.15) is 23.8 Å². The molecular weight excluding hydrogens is 500 g/mol. The predicted octanol–water partition coefficient (Wildman–Crippen LogP) is 1.40. The molecule has 1 aliphatic heterocycles. The van der Waals surface area contributed by atoms with Crippen LogP contribution in [0, 0.1) is 0 Å². The van der Waals surface area contributed by atoms with E-state index >= 15 is 0 Å². The topological polar surface area (TPSA) is 177 Å². The molecular formula is C27H40N8O4. The Kier molecular flexibility index (Phi) is 9.03. The minimum absolute atomic E-state index is 0.0500. The number of carbonyl (C=O) groups excluding carboxylic acids is 1. The number of aliphatic hydroxyl groups excluding tert-OH is 2. The Labute approximate surface area is 228 Å². The van der Waals surface area contributed by atoms with E-state index in [0.29, 0.717) is 56.0 Å². The number of anilines is 2. The lowest BCUT2D eigenvalue weighted by molar-refractivity contribution is -0.0439. The van der Waals surface area contributed by atoms with Crippen molar-refractivity contribution in [3.05, 3.63) is 48.4 Å². The molecule has 0 aliphatic carbocycles. The Morgan fingerprint density at radius 2 is 1.87 bits per heavy atom. The lowest BCUT2D eigenvalue weighted by Crippen LogP contribution is -2.43. The first kappa shape index (κ1) is 28.7. The number of carbonyl (C=O) groups is 1. The fraction of sp³-hybridized carbons (Fsp3) is 0.519. The van der Waals surface area contributed by atoms with Crippen LogP contribution in [0.1, 0.15) is 39.0 Å². The maximum absolute atomic E-state index is 12.3. The number of pyridine rings is 1. The molecule has 8 N–H and O–H groups in total. The van der Waals surface area contributed by atoms with Gasteiger partial charge in [0.2, 0.25) is 0 Å². The highest BCUT2D eigenvalue weighted by atomic mass is 16.6. The summed E-state index contributed by atoms with van der Waals surface area (Å²) >= 11 is 0. The third-order valence-electron chi connectivity index (χ3n) is 6.93. The van der Waals surface area contributed by atoms with Crippen molar-refractivity contribution in [2.75, 3.05) is 43.8 Å². The summed E-state index contributed by atoms with van der Waals surface area (Å²) < 4.78 is 7.66. The average Bonchev–Trinajstić information content (AvgIpc) is 3.44. The smallest absolute Gasteiger partial charge is 0.319 e. The Bertz CT molecular complexity index is 1240. The van der Waals surface area contributed by atoms with E-state index in [1.54, 1.807) is 16.8 Å². The van der Waals surface area contributed by atoms with Crippen LogP contribution < -0.4 is 22.1 Å². The normalized spacial score (nSPS) is 21.5. The van der Waals surface area contributed by atoms with E-state index < -0.39 is 24.5 Å². The first-order chi connectivity index (χ1) is 18.6. The molecule has 3 aromatic rings. The summed E-state index contributed by atoms with van der Waals surface area (Å²) in [6.45, 7) is 8.87. The number of nitrogen functional groups attached to an aromatic ring is 1. The number of aromatic nitrogens is 3. The van der Waals surface area contributed by atoms with Gasteiger partial charge < -0.3 is 37.1 Å². The molecule has 4 atom stereocenters. The summed E-state index contributed by atoms with van der Waals surface area (Å²) in [7, 11) is 0. The van der Waals surface area contributed by atoms with Gasteiger partial charge in [-0.25, -0.2) is 14.8 Å². The minimum Gasteiger partial charge on any atom is -0.397 e. The zero-order valence-electron chi connectivity index (χ0n) is 22.7. The molecule has 12 nitrogen and oxygen atoms in total. The van der Waals surface area contributed by atoms with Crippen LogP contribution in [-0.4, -0.2) is 86.7 Å². The molecule has 2 amide bonds. The van der Waals surface area contributed by atoms with E-state index in [2.05, 4.69) is 46.3 Å². The van der Waals surface area contributed by atoms with Gasteiger partial charge in [-0.1, -0.05) is 32.9 Å². The largest absolute Gasteiger partial charge is 0.397 e. The lowest BCUT2D eigenvalue weighted by atomic mass is 9.87. The molecule has 0 radical (unpaired) electrons. The molecule has 4 rings (SSSR count). The van der Waals surface area contributed by atoms with Gasteiger partial charge in [0.15, 0.2) is 11.9 Å². The van der Waals surface area contributed by atoms with Gasteiger partial charge in [-0.2, -0.15) is 0 Å². The van der Waals surface area contributed by atoms with Crippen LogP contribution >= 0.6 is 0 Å². The van der Waals surface area contributed by atoms with Crippen molar-refractivity contribution < 1.29 is 19.7 Å². The van der Waals surface area contributed by atoms with Crippen molar-refractivity contribution in [2.24, 2.45) is 5.73 Å². The second-order valence-corrected chi connectivity index (χ2v) is 10.9. The molecule has 0 spiro atoms. The first-order valence-corrected chi connectivity index (χ1v) is 13.2. The van der Waals surface area contributed by atoms with E-state index in [0.717, 1.165) is 5.69 Å². The maximum atomic E-state index is 12.3. The van der Waals surface area contributed by atoms with Crippen LogP contribution in [0.2, 0.25) is 0 Å². The van der Waals surface area contributed by atoms with E-state index in [1.807, 2.05) is 24.3 Å². The molecule has 1 aliphatic rings. The quantitative estimate of drug-likeness (QED) is 0.208. The van der Waals surface area contributed by atoms with Gasteiger partial charge in [-0.15, -0.1) is 0 Å². The summed E-state index contributed by atoms with van der Waals surface area (Å²) in [5.41, 5.74) is 15.2. The van der Waals surface area contributed by atoms with E-state index in [9.17, 15) is 15.0 Å². The number of ether oxygens (including phenoxy) is 1. The van der Waals surface area contributed by atoms with Crippen LogP contribution in [0.15, 0.2) is 42.9 Å². The Morgan fingerprint density at radius 3 is 2.56 bits per heavy atom. The molecule has 2 aromatic heterocycles. The van der Waals surface area contributed by atoms with Gasteiger partial charge in [-0.05, 0) is 42.1 Å². The zero-order valence-corrected chi connectivity index (χ0v) is 22.7. The molecule has 1 fully saturated rings. The van der Waals surface area contributed by atoms with E-state index in [1.165, 1.54) is 11.9 Å². The monoisotopic (exact) mass is 540 g/mol. The number of aliphatic hydroxyl groups is 2. The molecule has 0 saturated carbocycles. The SMILES string of the molecule is CC(C)(C)c1ccc(NC(=O)NCCCN(CCN)C[C@H]2O[C@@H](n3cnc4c(N)ccnc43)[C@H](O)[C@@H]2O)cc1. The number of fused-ring (bicyclic) bond motifs is 1. The number of benzene rings is 1. The summed E-state index contributed by atoms with van der Waals surface area (Å²) in [6, 6.07) is 9.21. The van der Waals surface area contributed by atoms with Crippen molar-refractivity contribution in [1.82, 2.24) is 24.8 Å². The predicted molar refractivity (Wildman–Crippen MR) is 150 cm³/mol. The number of nitrogens with zero attached hydrogens (tertiary/aromatic N) is 4. The van der Waals surface area contributed by atoms with Gasteiger partial charge in [0, 0.05) is 38.1 Å². The average molecular weight is 541 g/mol. The van der Waals surface area contributed by atoms with Gasteiger partial charge in [0.25, 0.3) is 0 Å². The Balaban J connectivity index is 1.27. The molecule has 39 heavy (non-hydrogen) atoms. The molecule has 12 heteroatoms. The molecule has 0 unspecified atom stereocenters. The molecule has 3 heterocycles. The number of nitrogens with one attached hydrogen (secondary N) is 2.